The third kappa shape index (κ3) is 4.84. The van der Waals surface area contributed by atoms with Gasteiger partial charge in [-0.05, 0) is 89.7 Å². The van der Waals surface area contributed by atoms with E-state index >= 15 is 0 Å². The first-order valence-electron chi connectivity index (χ1n) is 12.7. The Labute approximate surface area is 233 Å². The van der Waals surface area contributed by atoms with Crippen LogP contribution in [-0.2, 0) is 12.1 Å². The van der Waals surface area contributed by atoms with Gasteiger partial charge in [-0.2, -0.15) is 0 Å². The number of nitrogens with one attached hydrogen (secondary N) is 1. The molecule has 0 radical (unpaired) electrons. The van der Waals surface area contributed by atoms with Gasteiger partial charge in [0.1, 0.15) is 0 Å². The zero-order chi connectivity index (χ0) is 28.0. The molecule has 200 valence electrons. The number of hydrogen-bond donors (Lipinski definition) is 2. The number of halogens is 3. The molecule has 1 saturated carbocycles. The molecule has 1 heterocycles. The lowest BCUT2D eigenvalue weighted by Crippen LogP contribution is -2.35. The number of nitrogens with zero attached hydrogens (tertiary/aromatic N) is 1. The van der Waals surface area contributed by atoms with Crippen molar-refractivity contribution in [3.63, 3.8) is 0 Å². The number of hydrogen-bond acceptors (Lipinski definition) is 2. The number of carbonyl (C=O) groups excluding carboxylic acids is 1. The van der Waals surface area contributed by atoms with Gasteiger partial charge < -0.3 is 15.0 Å². The molecular formula is C32H23ClF2N2O3. The largest absolute Gasteiger partial charge is 0.478 e. The van der Waals surface area contributed by atoms with E-state index in [0.29, 0.717) is 46.6 Å². The van der Waals surface area contributed by atoms with Gasteiger partial charge in [-0.25, -0.2) is 13.6 Å². The van der Waals surface area contributed by atoms with Gasteiger partial charge >= 0.3 is 5.97 Å². The summed E-state index contributed by atoms with van der Waals surface area (Å²) >= 11 is 6.20. The Hall–Kier alpha value is -4.49. The first-order valence-corrected chi connectivity index (χ1v) is 13.1. The molecule has 1 aliphatic rings. The lowest BCUT2D eigenvalue weighted by Gasteiger charge is -2.20. The summed E-state index contributed by atoms with van der Waals surface area (Å²) in [4.78, 5) is 25.2. The van der Waals surface area contributed by atoms with Crippen molar-refractivity contribution in [3.05, 3.63) is 130 Å². The summed E-state index contributed by atoms with van der Waals surface area (Å²) in [5.74, 6) is -3.25. The Kier molecular flexibility index (Phi) is 6.39. The van der Waals surface area contributed by atoms with Crippen LogP contribution in [0.15, 0.2) is 91.1 Å². The molecule has 1 fully saturated rings. The number of carboxylic acid groups (broad SMARTS) is 1. The van der Waals surface area contributed by atoms with Crippen molar-refractivity contribution in [2.75, 3.05) is 0 Å². The monoisotopic (exact) mass is 556 g/mol. The summed E-state index contributed by atoms with van der Waals surface area (Å²) in [6, 6.07) is 23.1. The average molecular weight is 557 g/mol. The van der Waals surface area contributed by atoms with Crippen molar-refractivity contribution >= 4 is 34.4 Å². The number of carboxylic acids is 1. The highest BCUT2D eigenvalue weighted by molar-refractivity contribution is 6.30. The molecular weight excluding hydrogens is 534 g/mol. The smallest absolute Gasteiger partial charge is 0.335 e. The van der Waals surface area contributed by atoms with E-state index in [2.05, 4.69) is 5.32 Å². The predicted octanol–water partition coefficient (Wildman–Crippen LogP) is 7.41. The SMILES string of the molecule is O=C(O)c1ccc(C2(NC(=O)c3cc(-c4ccc(F)c(F)c4)cc4ccn(Cc5cccc(Cl)c5)c34)CC2)cc1. The van der Waals surface area contributed by atoms with Crippen molar-refractivity contribution in [1.29, 1.82) is 0 Å². The lowest BCUT2D eigenvalue weighted by atomic mass is 9.98. The highest BCUT2D eigenvalue weighted by Gasteiger charge is 2.46. The van der Waals surface area contributed by atoms with Crippen molar-refractivity contribution in [3.8, 4) is 11.1 Å². The Bertz CT molecular complexity index is 1790. The van der Waals surface area contributed by atoms with E-state index in [4.69, 9.17) is 11.6 Å². The summed E-state index contributed by atoms with van der Waals surface area (Å²) in [7, 11) is 0. The van der Waals surface area contributed by atoms with E-state index < -0.39 is 23.1 Å². The summed E-state index contributed by atoms with van der Waals surface area (Å²) < 4.78 is 29.7. The fourth-order valence-electron chi connectivity index (χ4n) is 5.16. The Morgan fingerprint density at radius 3 is 2.35 bits per heavy atom. The summed E-state index contributed by atoms with van der Waals surface area (Å²) in [6.07, 6.45) is 3.30. The Morgan fingerprint density at radius 1 is 0.900 bits per heavy atom. The maximum Gasteiger partial charge on any atom is 0.335 e. The van der Waals surface area contributed by atoms with Crippen molar-refractivity contribution in [2.24, 2.45) is 0 Å². The molecule has 4 aromatic carbocycles. The minimum atomic E-state index is -1.02. The Balaban J connectivity index is 1.43. The van der Waals surface area contributed by atoms with Crippen LogP contribution in [0.1, 0.15) is 44.7 Å². The first-order chi connectivity index (χ1) is 19.2. The molecule has 1 amide bonds. The third-order valence-corrected chi connectivity index (χ3v) is 7.62. The third-order valence-electron chi connectivity index (χ3n) is 7.39. The summed E-state index contributed by atoms with van der Waals surface area (Å²) in [5, 5.41) is 13.8. The van der Waals surface area contributed by atoms with Gasteiger partial charge in [-0.15, -0.1) is 0 Å². The van der Waals surface area contributed by atoms with E-state index in [1.165, 1.54) is 18.2 Å². The van der Waals surface area contributed by atoms with Crippen LogP contribution in [0.25, 0.3) is 22.0 Å². The van der Waals surface area contributed by atoms with Gasteiger partial charge in [-0.1, -0.05) is 41.9 Å². The second-order valence-electron chi connectivity index (χ2n) is 10.1. The average Bonchev–Trinajstić information content (AvgIpc) is 3.61. The summed E-state index contributed by atoms with van der Waals surface area (Å²) in [5.41, 5.74) is 3.45. The van der Waals surface area contributed by atoms with Gasteiger partial charge in [-0.3, -0.25) is 4.79 Å². The van der Waals surface area contributed by atoms with Crippen LogP contribution >= 0.6 is 11.6 Å². The van der Waals surface area contributed by atoms with Gasteiger partial charge in [0, 0.05) is 23.2 Å². The van der Waals surface area contributed by atoms with E-state index in [0.717, 1.165) is 28.6 Å². The zero-order valence-corrected chi connectivity index (χ0v) is 21.9. The number of aromatic nitrogens is 1. The molecule has 5 aromatic rings. The standard InChI is InChI=1S/C32H23ClF2N2O3/c33-25-3-1-2-19(14-25)18-37-13-10-22-15-23(21-6-9-27(34)28(35)17-21)16-26(29(22)37)30(38)36-32(11-12-32)24-7-4-20(5-8-24)31(39)40/h1-10,13-17H,11-12,18H2,(H,36,38)(H,39,40). The molecule has 1 aromatic heterocycles. The number of amides is 1. The second kappa shape index (κ2) is 9.92. The van der Waals surface area contributed by atoms with Crippen LogP contribution in [-0.4, -0.2) is 21.6 Å². The quantitative estimate of drug-likeness (QED) is 0.219. The second-order valence-corrected chi connectivity index (χ2v) is 10.5. The molecule has 0 aliphatic heterocycles. The fraction of sp³-hybridized carbons (Fsp3) is 0.125. The number of fused-ring (bicyclic) bond motifs is 1. The van der Waals surface area contributed by atoms with Crippen LogP contribution in [0, 0.1) is 11.6 Å². The lowest BCUT2D eigenvalue weighted by molar-refractivity contribution is 0.0696. The maximum atomic E-state index is 14.1. The van der Waals surface area contributed by atoms with Crippen molar-refractivity contribution < 1.29 is 23.5 Å². The number of rotatable bonds is 7. The number of carbonyl (C=O) groups is 2. The van der Waals surface area contributed by atoms with Gasteiger partial charge in [0.05, 0.1) is 22.2 Å². The zero-order valence-electron chi connectivity index (χ0n) is 21.1. The number of benzene rings is 4. The minimum Gasteiger partial charge on any atom is -0.478 e. The molecule has 0 spiro atoms. The van der Waals surface area contributed by atoms with Crippen molar-refractivity contribution in [1.82, 2.24) is 9.88 Å². The van der Waals surface area contributed by atoms with E-state index in [1.54, 1.807) is 24.3 Å². The maximum absolute atomic E-state index is 14.1. The van der Waals surface area contributed by atoms with Gasteiger partial charge in [0.25, 0.3) is 5.91 Å². The number of aromatic carboxylic acids is 1. The minimum absolute atomic E-state index is 0.172. The molecule has 8 heteroatoms. The van der Waals surface area contributed by atoms with E-state index in [-0.39, 0.29) is 11.5 Å². The highest BCUT2D eigenvalue weighted by Crippen LogP contribution is 2.46. The van der Waals surface area contributed by atoms with Crippen LogP contribution < -0.4 is 5.32 Å². The van der Waals surface area contributed by atoms with Crippen LogP contribution in [0.2, 0.25) is 5.02 Å². The van der Waals surface area contributed by atoms with Crippen LogP contribution in [0.5, 0.6) is 0 Å². The Morgan fingerprint density at radius 2 is 1.68 bits per heavy atom. The molecule has 6 rings (SSSR count). The fourth-order valence-corrected chi connectivity index (χ4v) is 5.37. The first kappa shape index (κ1) is 25.8. The van der Waals surface area contributed by atoms with E-state index in [1.807, 2.05) is 41.1 Å². The normalized spacial score (nSPS) is 13.8. The molecule has 2 N–H and O–H groups in total. The topological polar surface area (TPSA) is 71.3 Å². The molecule has 0 unspecified atom stereocenters. The van der Waals surface area contributed by atoms with Crippen LogP contribution in [0.4, 0.5) is 8.78 Å². The molecule has 1 aliphatic carbocycles. The highest BCUT2D eigenvalue weighted by atomic mass is 35.5. The van der Waals surface area contributed by atoms with Gasteiger partial charge in [0.15, 0.2) is 11.6 Å². The molecule has 0 atom stereocenters. The van der Waals surface area contributed by atoms with Gasteiger partial charge in [0.2, 0.25) is 0 Å². The van der Waals surface area contributed by atoms with Crippen molar-refractivity contribution in [2.45, 2.75) is 24.9 Å². The molecule has 0 saturated heterocycles. The van der Waals surface area contributed by atoms with E-state index in [9.17, 15) is 23.5 Å². The molecule has 5 nitrogen and oxygen atoms in total. The van der Waals surface area contributed by atoms with Crippen LogP contribution in [0.3, 0.4) is 0 Å². The summed E-state index contributed by atoms with van der Waals surface area (Å²) in [6.45, 7) is 0.469. The predicted molar refractivity (Wildman–Crippen MR) is 150 cm³/mol. The molecule has 40 heavy (non-hydrogen) atoms. The molecule has 0 bridgehead atoms.